The zero-order chi connectivity index (χ0) is 21.7. The average molecular weight is 410 g/mol. The Hall–Kier alpha value is -3.48. The van der Waals surface area contributed by atoms with Crippen molar-refractivity contribution < 1.29 is 23.8 Å². The first-order chi connectivity index (χ1) is 14.5. The van der Waals surface area contributed by atoms with Gasteiger partial charge in [-0.1, -0.05) is 6.58 Å². The van der Waals surface area contributed by atoms with Crippen LogP contribution in [0.4, 0.5) is 5.69 Å². The largest absolute Gasteiger partial charge is 0.493 e. The van der Waals surface area contributed by atoms with Crippen molar-refractivity contribution >= 4 is 17.5 Å². The van der Waals surface area contributed by atoms with Crippen LogP contribution in [0.5, 0.6) is 17.2 Å². The molecule has 0 spiro atoms. The monoisotopic (exact) mass is 410 g/mol. The van der Waals surface area contributed by atoms with Crippen LogP contribution in [0.2, 0.25) is 0 Å². The van der Waals surface area contributed by atoms with E-state index in [-0.39, 0.29) is 11.8 Å². The lowest BCUT2D eigenvalue weighted by atomic mass is 10.0. The summed E-state index contributed by atoms with van der Waals surface area (Å²) in [5.41, 5.74) is 3.30. The highest BCUT2D eigenvalue weighted by molar-refractivity contribution is 5.99. The lowest BCUT2D eigenvalue weighted by Gasteiger charge is -2.20. The van der Waals surface area contributed by atoms with E-state index >= 15 is 0 Å². The molecular formula is C23H26N2O5. The van der Waals surface area contributed by atoms with Gasteiger partial charge in [-0.2, -0.15) is 0 Å². The number of carbonyl (C=O) groups excluding carboxylic acids is 2. The molecule has 2 amide bonds. The molecule has 1 heterocycles. The van der Waals surface area contributed by atoms with Gasteiger partial charge in [-0.3, -0.25) is 9.59 Å². The summed E-state index contributed by atoms with van der Waals surface area (Å²) in [4.78, 5) is 26.3. The molecule has 2 aromatic carbocycles. The Morgan fingerprint density at radius 2 is 1.67 bits per heavy atom. The third kappa shape index (κ3) is 4.25. The second-order valence-electron chi connectivity index (χ2n) is 6.85. The molecule has 1 aliphatic heterocycles. The molecule has 7 heteroatoms. The quantitative estimate of drug-likeness (QED) is 0.741. The van der Waals surface area contributed by atoms with Crippen molar-refractivity contribution in [3.8, 4) is 17.2 Å². The second-order valence-corrected chi connectivity index (χ2v) is 6.85. The molecule has 1 N–H and O–H groups in total. The molecule has 158 valence electrons. The highest BCUT2D eigenvalue weighted by Crippen LogP contribution is 2.43. The molecule has 30 heavy (non-hydrogen) atoms. The van der Waals surface area contributed by atoms with Gasteiger partial charge in [0, 0.05) is 29.9 Å². The molecule has 7 nitrogen and oxygen atoms in total. The number of carbonyl (C=O) groups is 2. The third-order valence-electron chi connectivity index (χ3n) is 5.18. The molecule has 3 rings (SSSR count). The molecular weight excluding hydrogens is 384 g/mol. The third-order valence-corrected chi connectivity index (χ3v) is 5.18. The van der Waals surface area contributed by atoms with Gasteiger partial charge in [-0.25, -0.2) is 0 Å². The fraction of sp³-hybridized carbons (Fsp3) is 0.304. The van der Waals surface area contributed by atoms with E-state index in [2.05, 4.69) is 11.9 Å². The van der Waals surface area contributed by atoms with E-state index in [0.29, 0.717) is 54.4 Å². The SMILES string of the molecule is C=CC(=O)Nc1ccc(C(=O)N2CCc3cc(OC)c(OC)c(OC)c3CC2)cc1. The Morgan fingerprint density at radius 1 is 1.00 bits per heavy atom. The van der Waals surface area contributed by atoms with Crippen LogP contribution in [-0.2, 0) is 17.6 Å². The number of methoxy groups -OCH3 is 3. The van der Waals surface area contributed by atoms with E-state index in [1.165, 1.54) is 6.08 Å². The molecule has 1 aliphatic rings. The van der Waals surface area contributed by atoms with Crippen LogP contribution < -0.4 is 19.5 Å². The van der Waals surface area contributed by atoms with Gasteiger partial charge in [-0.15, -0.1) is 0 Å². The molecule has 0 radical (unpaired) electrons. The number of nitrogens with zero attached hydrogens (tertiary/aromatic N) is 1. The van der Waals surface area contributed by atoms with E-state index in [0.717, 1.165) is 11.1 Å². The van der Waals surface area contributed by atoms with E-state index in [1.54, 1.807) is 45.6 Å². The molecule has 0 saturated carbocycles. The van der Waals surface area contributed by atoms with Gasteiger partial charge in [0.15, 0.2) is 11.5 Å². The Morgan fingerprint density at radius 3 is 2.27 bits per heavy atom. The van der Waals surface area contributed by atoms with E-state index in [1.807, 2.05) is 11.0 Å². The lowest BCUT2D eigenvalue weighted by Crippen LogP contribution is -2.33. The summed E-state index contributed by atoms with van der Waals surface area (Å²) in [7, 11) is 4.79. The van der Waals surface area contributed by atoms with E-state index in [4.69, 9.17) is 14.2 Å². The summed E-state index contributed by atoms with van der Waals surface area (Å²) in [6, 6.07) is 8.80. The van der Waals surface area contributed by atoms with Gasteiger partial charge in [0.05, 0.1) is 21.3 Å². The topological polar surface area (TPSA) is 77.1 Å². The van der Waals surface area contributed by atoms with Crippen molar-refractivity contribution in [2.24, 2.45) is 0 Å². The molecule has 0 unspecified atom stereocenters. The number of anilines is 1. The van der Waals surface area contributed by atoms with Gasteiger partial charge < -0.3 is 24.4 Å². The Kier molecular flexibility index (Phi) is 6.61. The summed E-state index contributed by atoms with van der Waals surface area (Å²) < 4.78 is 16.6. The molecule has 0 fully saturated rings. The molecule has 0 atom stereocenters. The van der Waals surface area contributed by atoms with Crippen molar-refractivity contribution in [3.63, 3.8) is 0 Å². The molecule has 0 bridgehead atoms. The van der Waals surface area contributed by atoms with E-state index < -0.39 is 0 Å². The summed E-state index contributed by atoms with van der Waals surface area (Å²) >= 11 is 0. The highest BCUT2D eigenvalue weighted by Gasteiger charge is 2.26. The zero-order valence-corrected chi connectivity index (χ0v) is 17.5. The smallest absolute Gasteiger partial charge is 0.253 e. The number of nitrogens with one attached hydrogen (secondary N) is 1. The molecule has 2 aromatic rings. The van der Waals surface area contributed by atoms with Crippen molar-refractivity contribution in [2.75, 3.05) is 39.7 Å². The van der Waals surface area contributed by atoms with Crippen LogP contribution in [0.15, 0.2) is 43.0 Å². The zero-order valence-electron chi connectivity index (χ0n) is 17.5. The molecule has 0 saturated heterocycles. The van der Waals surface area contributed by atoms with Gasteiger partial charge in [0.1, 0.15) is 0 Å². The van der Waals surface area contributed by atoms with Gasteiger partial charge in [-0.05, 0) is 54.8 Å². The van der Waals surface area contributed by atoms with Crippen molar-refractivity contribution in [1.82, 2.24) is 4.90 Å². The molecule has 0 aliphatic carbocycles. The highest BCUT2D eigenvalue weighted by atomic mass is 16.5. The van der Waals surface area contributed by atoms with Crippen molar-refractivity contribution in [1.29, 1.82) is 0 Å². The fourth-order valence-electron chi connectivity index (χ4n) is 3.65. The van der Waals surface area contributed by atoms with Crippen LogP contribution in [0.1, 0.15) is 21.5 Å². The predicted octanol–water partition coefficient (Wildman–Crippen LogP) is 3.08. The number of hydrogen-bond acceptors (Lipinski definition) is 5. The first-order valence-corrected chi connectivity index (χ1v) is 9.65. The van der Waals surface area contributed by atoms with Crippen LogP contribution >= 0.6 is 0 Å². The number of ether oxygens (including phenoxy) is 3. The maximum absolute atomic E-state index is 13.0. The predicted molar refractivity (Wildman–Crippen MR) is 115 cm³/mol. The Balaban J connectivity index is 1.79. The standard InChI is InChI=1S/C23H26N2O5/c1-5-20(26)24-17-8-6-15(7-9-17)23(27)25-12-10-16-14-19(28-2)22(30-4)21(29-3)18(16)11-13-25/h5-9,14H,1,10-13H2,2-4H3,(H,24,26). The van der Waals surface area contributed by atoms with Crippen LogP contribution in [-0.4, -0.2) is 51.1 Å². The second kappa shape index (κ2) is 9.35. The Labute approximate surface area is 176 Å². The minimum atomic E-state index is -0.292. The number of amides is 2. The minimum Gasteiger partial charge on any atom is -0.493 e. The Bertz CT molecular complexity index is 953. The van der Waals surface area contributed by atoms with Gasteiger partial charge in [0.2, 0.25) is 11.7 Å². The summed E-state index contributed by atoms with van der Waals surface area (Å²) in [5.74, 6) is 1.49. The molecule has 0 aromatic heterocycles. The summed E-state index contributed by atoms with van der Waals surface area (Å²) in [5, 5.41) is 2.67. The van der Waals surface area contributed by atoms with E-state index in [9.17, 15) is 9.59 Å². The van der Waals surface area contributed by atoms with Gasteiger partial charge in [0.25, 0.3) is 5.91 Å². The number of rotatable bonds is 6. The summed E-state index contributed by atoms with van der Waals surface area (Å²) in [6.07, 6.45) is 2.54. The maximum atomic E-state index is 13.0. The van der Waals surface area contributed by atoms with Crippen molar-refractivity contribution in [3.05, 3.63) is 59.7 Å². The maximum Gasteiger partial charge on any atom is 0.253 e. The fourth-order valence-corrected chi connectivity index (χ4v) is 3.65. The average Bonchev–Trinajstić information content (AvgIpc) is 3.00. The van der Waals surface area contributed by atoms with Crippen LogP contribution in [0, 0.1) is 0 Å². The number of benzene rings is 2. The first-order valence-electron chi connectivity index (χ1n) is 9.65. The first kappa shape index (κ1) is 21.2. The number of hydrogen-bond donors (Lipinski definition) is 1. The van der Waals surface area contributed by atoms with Gasteiger partial charge >= 0.3 is 0 Å². The summed E-state index contributed by atoms with van der Waals surface area (Å²) in [6.45, 7) is 4.57. The van der Waals surface area contributed by atoms with Crippen LogP contribution in [0.3, 0.4) is 0 Å². The number of fused-ring (bicyclic) bond motifs is 1. The minimum absolute atomic E-state index is 0.0534. The lowest BCUT2D eigenvalue weighted by molar-refractivity contribution is -0.111. The van der Waals surface area contributed by atoms with Crippen LogP contribution in [0.25, 0.3) is 0 Å². The van der Waals surface area contributed by atoms with Crippen molar-refractivity contribution in [2.45, 2.75) is 12.8 Å². The normalized spacial score (nSPS) is 13.0.